The van der Waals surface area contributed by atoms with Crippen LogP contribution in [0.1, 0.15) is 22.9 Å². The van der Waals surface area contributed by atoms with Gasteiger partial charge in [-0.3, -0.25) is 16.3 Å². The van der Waals surface area contributed by atoms with Crippen LogP contribution in [0.4, 0.5) is 0 Å². The van der Waals surface area contributed by atoms with Crippen LogP contribution in [0.2, 0.25) is 0 Å². The van der Waals surface area contributed by atoms with E-state index in [0.717, 1.165) is 12.1 Å². The van der Waals surface area contributed by atoms with Crippen molar-refractivity contribution in [3.63, 3.8) is 0 Å². The second-order valence-corrected chi connectivity index (χ2v) is 4.57. The van der Waals surface area contributed by atoms with Gasteiger partial charge in [-0.15, -0.1) is 0 Å². The van der Waals surface area contributed by atoms with E-state index in [1.54, 1.807) is 11.3 Å². The molecule has 16 heavy (non-hydrogen) atoms. The van der Waals surface area contributed by atoms with Crippen LogP contribution < -0.4 is 11.3 Å². The average Bonchev–Trinajstić information content (AvgIpc) is 2.78. The first-order chi connectivity index (χ1) is 7.79. The Hall–Kier alpha value is -1.23. The molecule has 2 heterocycles. The van der Waals surface area contributed by atoms with Crippen LogP contribution in [0, 0.1) is 6.92 Å². The van der Waals surface area contributed by atoms with E-state index in [9.17, 15) is 0 Å². The number of aryl methyl sites for hydroxylation is 1. The molecule has 2 aromatic heterocycles. The quantitative estimate of drug-likeness (QED) is 0.629. The van der Waals surface area contributed by atoms with Crippen LogP contribution in [0.5, 0.6) is 0 Å². The highest BCUT2D eigenvalue weighted by Gasteiger charge is 2.10. The molecule has 84 valence electrons. The Morgan fingerprint density at radius 3 is 3.00 bits per heavy atom. The summed E-state index contributed by atoms with van der Waals surface area (Å²) in [6.07, 6.45) is 2.73. The van der Waals surface area contributed by atoms with E-state index in [-0.39, 0.29) is 6.04 Å². The molecule has 2 rings (SSSR count). The summed E-state index contributed by atoms with van der Waals surface area (Å²) < 4.78 is 0. The minimum Gasteiger partial charge on any atom is -0.271 e. The predicted octanol–water partition coefficient (Wildman–Crippen LogP) is 2.20. The van der Waals surface area contributed by atoms with Crippen molar-refractivity contribution < 1.29 is 0 Å². The molecular weight excluding hydrogens is 218 g/mol. The molecule has 0 saturated heterocycles. The fraction of sp³-hybridized carbons (Fsp3) is 0.250. The molecule has 0 radical (unpaired) electrons. The van der Waals surface area contributed by atoms with Crippen molar-refractivity contribution in [3.8, 4) is 0 Å². The first-order valence-electron chi connectivity index (χ1n) is 5.19. The number of hydrogen-bond donors (Lipinski definition) is 2. The molecule has 1 unspecified atom stereocenters. The second kappa shape index (κ2) is 5.21. The van der Waals surface area contributed by atoms with Gasteiger partial charge in [-0.1, -0.05) is 0 Å². The molecule has 0 spiro atoms. The smallest absolute Gasteiger partial charge is 0.0501 e. The molecule has 0 saturated carbocycles. The van der Waals surface area contributed by atoms with Crippen molar-refractivity contribution in [1.29, 1.82) is 0 Å². The van der Waals surface area contributed by atoms with Crippen LogP contribution in [0.15, 0.2) is 35.2 Å². The van der Waals surface area contributed by atoms with Gasteiger partial charge < -0.3 is 0 Å². The number of hydrazine groups is 1. The minimum absolute atomic E-state index is 0.149. The Kier molecular flexibility index (Phi) is 3.66. The number of hydrogen-bond acceptors (Lipinski definition) is 4. The van der Waals surface area contributed by atoms with Crippen molar-refractivity contribution in [2.75, 3.05) is 0 Å². The lowest BCUT2D eigenvalue weighted by Crippen LogP contribution is -2.29. The number of nitrogens with one attached hydrogen (secondary N) is 1. The molecule has 2 aromatic rings. The van der Waals surface area contributed by atoms with Crippen LogP contribution in [0.25, 0.3) is 0 Å². The summed E-state index contributed by atoms with van der Waals surface area (Å²) in [7, 11) is 0. The lowest BCUT2D eigenvalue weighted by molar-refractivity contribution is 0.551. The Labute approximate surface area is 99.3 Å². The maximum Gasteiger partial charge on any atom is 0.0501 e. The van der Waals surface area contributed by atoms with Gasteiger partial charge in [-0.25, -0.2) is 0 Å². The lowest BCUT2D eigenvalue weighted by atomic mass is 10.0. The van der Waals surface area contributed by atoms with Gasteiger partial charge in [0.15, 0.2) is 0 Å². The highest BCUT2D eigenvalue weighted by Crippen LogP contribution is 2.19. The standard InChI is InChI=1S/C12H15N3S/c1-9-6-11(2-4-14-9)12(15-13)7-10-3-5-16-8-10/h2-6,8,12,15H,7,13H2,1H3. The Bertz CT molecular complexity index is 439. The molecule has 0 fully saturated rings. The lowest BCUT2D eigenvalue weighted by Gasteiger charge is -2.15. The van der Waals surface area contributed by atoms with Gasteiger partial charge in [-0.05, 0) is 53.4 Å². The number of aromatic nitrogens is 1. The third-order valence-corrected chi connectivity index (χ3v) is 3.28. The molecule has 4 heteroatoms. The topological polar surface area (TPSA) is 50.9 Å². The number of thiophene rings is 1. The fourth-order valence-corrected chi connectivity index (χ4v) is 2.38. The maximum atomic E-state index is 5.60. The minimum atomic E-state index is 0.149. The van der Waals surface area contributed by atoms with Crippen molar-refractivity contribution in [1.82, 2.24) is 10.4 Å². The summed E-state index contributed by atoms with van der Waals surface area (Å²) >= 11 is 1.71. The molecular formula is C12H15N3S. The first-order valence-corrected chi connectivity index (χ1v) is 6.13. The van der Waals surface area contributed by atoms with Gasteiger partial charge in [0.05, 0.1) is 6.04 Å². The summed E-state index contributed by atoms with van der Waals surface area (Å²) in [4.78, 5) is 4.19. The molecule has 0 bridgehead atoms. The van der Waals surface area contributed by atoms with E-state index < -0.39 is 0 Å². The average molecular weight is 233 g/mol. The van der Waals surface area contributed by atoms with Gasteiger partial charge >= 0.3 is 0 Å². The highest BCUT2D eigenvalue weighted by molar-refractivity contribution is 7.07. The molecule has 3 N–H and O–H groups in total. The summed E-state index contributed by atoms with van der Waals surface area (Å²) in [6, 6.07) is 6.35. The summed E-state index contributed by atoms with van der Waals surface area (Å²) in [6.45, 7) is 1.99. The van der Waals surface area contributed by atoms with Gasteiger partial charge in [0.2, 0.25) is 0 Å². The third kappa shape index (κ3) is 2.66. The van der Waals surface area contributed by atoms with E-state index in [2.05, 4.69) is 33.3 Å². The van der Waals surface area contributed by atoms with Crippen molar-refractivity contribution in [2.45, 2.75) is 19.4 Å². The van der Waals surface area contributed by atoms with Crippen molar-refractivity contribution in [2.24, 2.45) is 5.84 Å². The monoisotopic (exact) mass is 233 g/mol. The molecule has 0 aliphatic rings. The zero-order valence-electron chi connectivity index (χ0n) is 9.18. The number of nitrogens with two attached hydrogens (primary N) is 1. The molecule has 0 amide bonds. The van der Waals surface area contributed by atoms with E-state index >= 15 is 0 Å². The normalized spacial score (nSPS) is 12.6. The number of nitrogens with zero attached hydrogens (tertiary/aromatic N) is 1. The van der Waals surface area contributed by atoms with Gasteiger partial charge in [0.25, 0.3) is 0 Å². The van der Waals surface area contributed by atoms with Crippen LogP contribution in [0.3, 0.4) is 0 Å². The summed E-state index contributed by atoms with van der Waals surface area (Å²) in [5.41, 5.74) is 6.37. The van der Waals surface area contributed by atoms with Crippen LogP contribution in [-0.4, -0.2) is 4.98 Å². The Morgan fingerprint density at radius 1 is 1.50 bits per heavy atom. The molecule has 0 aromatic carbocycles. The number of rotatable bonds is 4. The SMILES string of the molecule is Cc1cc(C(Cc2ccsc2)NN)ccn1. The number of pyridine rings is 1. The van der Waals surface area contributed by atoms with Gasteiger partial charge in [0, 0.05) is 11.9 Å². The third-order valence-electron chi connectivity index (χ3n) is 2.54. The van der Waals surface area contributed by atoms with Gasteiger partial charge in [0.1, 0.15) is 0 Å². The molecule has 0 aliphatic carbocycles. The van der Waals surface area contributed by atoms with E-state index in [1.165, 1.54) is 11.1 Å². The van der Waals surface area contributed by atoms with E-state index in [4.69, 9.17) is 5.84 Å². The van der Waals surface area contributed by atoms with Crippen LogP contribution >= 0.6 is 11.3 Å². The maximum absolute atomic E-state index is 5.60. The molecule has 1 atom stereocenters. The Balaban J connectivity index is 2.16. The zero-order chi connectivity index (χ0) is 11.4. The zero-order valence-corrected chi connectivity index (χ0v) is 10.00. The van der Waals surface area contributed by atoms with Crippen molar-refractivity contribution >= 4 is 11.3 Å². The molecule has 3 nitrogen and oxygen atoms in total. The largest absolute Gasteiger partial charge is 0.271 e. The van der Waals surface area contributed by atoms with E-state index in [1.807, 2.05) is 19.2 Å². The second-order valence-electron chi connectivity index (χ2n) is 3.79. The fourth-order valence-electron chi connectivity index (χ4n) is 1.70. The van der Waals surface area contributed by atoms with Crippen molar-refractivity contribution in [3.05, 3.63) is 52.0 Å². The first kappa shape index (κ1) is 11.3. The summed E-state index contributed by atoms with van der Waals surface area (Å²) in [5, 5.41) is 4.24. The van der Waals surface area contributed by atoms with Crippen LogP contribution in [-0.2, 0) is 6.42 Å². The summed E-state index contributed by atoms with van der Waals surface area (Å²) in [5.74, 6) is 5.60. The highest BCUT2D eigenvalue weighted by atomic mass is 32.1. The van der Waals surface area contributed by atoms with Gasteiger partial charge in [-0.2, -0.15) is 11.3 Å². The predicted molar refractivity (Wildman–Crippen MR) is 67.1 cm³/mol. The van der Waals surface area contributed by atoms with E-state index in [0.29, 0.717) is 0 Å². The Morgan fingerprint density at radius 2 is 2.38 bits per heavy atom. The molecule has 0 aliphatic heterocycles.